The average molecular weight is 383 g/mol. The van der Waals surface area contributed by atoms with Crippen LogP contribution < -0.4 is 20.1 Å². The largest absolute Gasteiger partial charge is 0.493 e. The summed E-state index contributed by atoms with van der Waals surface area (Å²) < 4.78 is 10.5. The van der Waals surface area contributed by atoms with Gasteiger partial charge in [0.15, 0.2) is 11.5 Å². The lowest BCUT2D eigenvalue weighted by Gasteiger charge is -2.10. The molecule has 0 aliphatic carbocycles. The Morgan fingerprint density at radius 3 is 2.48 bits per heavy atom. The van der Waals surface area contributed by atoms with Gasteiger partial charge in [0.2, 0.25) is 0 Å². The van der Waals surface area contributed by atoms with Gasteiger partial charge < -0.3 is 20.1 Å². The lowest BCUT2D eigenvalue weighted by Crippen LogP contribution is -2.34. The molecule has 0 unspecified atom stereocenters. The van der Waals surface area contributed by atoms with Crippen molar-refractivity contribution >= 4 is 17.4 Å². The van der Waals surface area contributed by atoms with E-state index in [0.29, 0.717) is 24.6 Å². The van der Waals surface area contributed by atoms with Crippen LogP contribution in [-0.2, 0) is 13.1 Å². The van der Waals surface area contributed by atoms with E-state index in [9.17, 15) is 4.79 Å². The molecule has 0 saturated carbocycles. The molecule has 1 heterocycles. The number of methoxy groups -OCH3 is 2. The van der Waals surface area contributed by atoms with Gasteiger partial charge in [-0.25, -0.2) is 9.78 Å². The zero-order valence-electron chi connectivity index (χ0n) is 15.2. The maximum absolute atomic E-state index is 12.0. The third-order valence-electron chi connectivity index (χ3n) is 3.92. The van der Waals surface area contributed by atoms with E-state index in [1.165, 1.54) is 11.3 Å². The van der Waals surface area contributed by atoms with E-state index in [4.69, 9.17) is 9.47 Å². The van der Waals surface area contributed by atoms with E-state index < -0.39 is 0 Å². The van der Waals surface area contributed by atoms with Crippen molar-refractivity contribution in [3.8, 4) is 22.8 Å². The van der Waals surface area contributed by atoms with Crippen LogP contribution in [-0.4, -0.2) is 25.2 Å². The molecule has 6 nitrogen and oxygen atoms in total. The minimum atomic E-state index is -0.249. The Kier molecular flexibility index (Phi) is 6.27. The minimum Gasteiger partial charge on any atom is -0.493 e. The lowest BCUT2D eigenvalue weighted by molar-refractivity contribution is 0.240. The van der Waals surface area contributed by atoms with Gasteiger partial charge in [0.05, 0.1) is 26.5 Å². The van der Waals surface area contributed by atoms with Crippen LogP contribution in [0.4, 0.5) is 4.79 Å². The highest BCUT2D eigenvalue weighted by atomic mass is 32.1. The number of nitrogens with one attached hydrogen (secondary N) is 2. The van der Waals surface area contributed by atoms with Crippen LogP contribution in [0.2, 0.25) is 0 Å². The van der Waals surface area contributed by atoms with Crippen molar-refractivity contribution in [3.63, 3.8) is 0 Å². The van der Waals surface area contributed by atoms with Crippen molar-refractivity contribution < 1.29 is 14.3 Å². The standard InChI is InChI=1S/C20H21N3O3S/c1-25-17-9-8-14(10-18(17)26-2)11-21-20(24)22-12-19-23-16(13-27-19)15-6-4-3-5-7-15/h3-10,13H,11-12H2,1-2H3,(H2,21,22,24). The van der Waals surface area contributed by atoms with Crippen molar-refractivity contribution in [2.75, 3.05) is 14.2 Å². The molecule has 140 valence electrons. The van der Waals surface area contributed by atoms with Crippen LogP contribution in [0.1, 0.15) is 10.6 Å². The van der Waals surface area contributed by atoms with E-state index in [1.54, 1.807) is 14.2 Å². The van der Waals surface area contributed by atoms with E-state index in [-0.39, 0.29) is 6.03 Å². The number of hydrogen-bond acceptors (Lipinski definition) is 5. The van der Waals surface area contributed by atoms with Crippen LogP contribution in [0.3, 0.4) is 0 Å². The fourth-order valence-electron chi connectivity index (χ4n) is 2.52. The molecule has 2 N–H and O–H groups in total. The SMILES string of the molecule is COc1ccc(CNC(=O)NCc2nc(-c3ccccc3)cs2)cc1OC. The Bertz CT molecular complexity index is 896. The van der Waals surface area contributed by atoms with Crippen LogP contribution in [0, 0.1) is 0 Å². The van der Waals surface area contributed by atoms with Crippen LogP contribution >= 0.6 is 11.3 Å². The predicted octanol–water partition coefficient (Wildman–Crippen LogP) is 3.83. The topological polar surface area (TPSA) is 72.5 Å². The Morgan fingerprint density at radius 2 is 1.74 bits per heavy atom. The van der Waals surface area contributed by atoms with Crippen molar-refractivity contribution in [2.24, 2.45) is 0 Å². The number of urea groups is 1. The molecule has 0 fully saturated rings. The molecule has 0 aliphatic heterocycles. The molecule has 3 aromatic rings. The highest BCUT2D eigenvalue weighted by Crippen LogP contribution is 2.27. The number of carbonyl (C=O) groups is 1. The number of hydrogen-bond donors (Lipinski definition) is 2. The average Bonchev–Trinajstić information content (AvgIpc) is 3.20. The summed E-state index contributed by atoms with van der Waals surface area (Å²) in [6.45, 7) is 0.772. The first kappa shape index (κ1) is 18.7. The van der Waals surface area contributed by atoms with Gasteiger partial charge in [-0.1, -0.05) is 36.4 Å². The quantitative estimate of drug-likeness (QED) is 0.650. The maximum Gasteiger partial charge on any atom is 0.315 e. The fourth-order valence-corrected chi connectivity index (χ4v) is 3.27. The molecule has 0 aliphatic rings. The molecular weight excluding hydrogens is 362 g/mol. The van der Waals surface area contributed by atoms with Crippen molar-refractivity contribution in [2.45, 2.75) is 13.1 Å². The summed E-state index contributed by atoms with van der Waals surface area (Å²) in [5.74, 6) is 1.29. The number of carbonyl (C=O) groups excluding carboxylic acids is 1. The minimum absolute atomic E-state index is 0.249. The molecule has 7 heteroatoms. The van der Waals surface area contributed by atoms with Gasteiger partial charge in [-0.3, -0.25) is 0 Å². The molecule has 27 heavy (non-hydrogen) atoms. The normalized spacial score (nSPS) is 10.3. The molecule has 0 spiro atoms. The van der Waals surface area contributed by atoms with Gasteiger partial charge in [-0.15, -0.1) is 11.3 Å². The molecular formula is C20H21N3O3S. The van der Waals surface area contributed by atoms with Gasteiger partial charge in [-0.2, -0.15) is 0 Å². The van der Waals surface area contributed by atoms with E-state index in [0.717, 1.165) is 21.8 Å². The second-order valence-corrected chi connectivity index (χ2v) is 6.66. The molecule has 2 aromatic carbocycles. The summed E-state index contributed by atoms with van der Waals surface area (Å²) in [5.41, 5.74) is 2.91. The van der Waals surface area contributed by atoms with Gasteiger partial charge >= 0.3 is 6.03 Å². The molecule has 0 saturated heterocycles. The molecule has 0 bridgehead atoms. The van der Waals surface area contributed by atoms with E-state index in [1.807, 2.05) is 53.9 Å². The van der Waals surface area contributed by atoms with Crippen molar-refractivity contribution in [1.82, 2.24) is 15.6 Å². The Hall–Kier alpha value is -3.06. The summed E-state index contributed by atoms with van der Waals surface area (Å²) in [6, 6.07) is 15.3. The number of ether oxygens (including phenoxy) is 2. The van der Waals surface area contributed by atoms with E-state index in [2.05, 4.69) is 15.6 Å². The first-order valence-electron chi connectivity index (χ1n) is 8.42. The zero-order valence-corrected chi connectivity index (χ0v) is 16.0. The van der Waals surface area contributed by atoms with E-state index >= 15 is 0 Å². The molecule has 0 radical (unpaired) electrons. The van der Waals surface area contributed by atoms with Crippen LogP contribution in [0.25, 0.3) is 11.3 Å². The molecule has 1 aromatic heterocycles. The van der Waals surface area contributed by atoms with Crippen molar-refractivity contribution in [3.05, 3.63) is 64.5 Å². The van der Waals surface area contributed by atoms with Crippen LogP contribution in [0.15, 0.2) is 53.9 Å². The molecule has 3 rings (SSSR count). The second kappa shape index (κ2) is 9.05. The van der Waals surface area contributed by atoms with Gasteiger partial charge in [0, 0.05) is 17.5 Å². The zero-order chi connectivity index (χ0) is 19.1. The first-order chi connectivity index (χ1) is 13.2. The number of amides is 2. The lowest BCUT2D eigenvalue weighted by atomic mass is 10.2. The Labute approximate surface area is 162 Å². The fraction of sp³-hybridized carbons (Fsp3) is 0.200. The summed E-state index contributed by atoms with van der Waals surface area (Å²) in [4.78, 5) is 16.6. The number of thiazole rings is 1. The summed E-state index contributed by atoms with van der Waals surface area (Å²) in [6.07, 6.45) is 0. The Balaban J connectivity index is 1.50. The highest BCUT2D eigenvalue weighted by Gasteiger charge is 2.08. The third-order valence-corrected chi connectivity index (χ3v) is 4.77. The summed E-state index contributed by atoms with van der Waals surface area (Å²) >= 11 is 1.53. The smallest absolute Gasteiger partial charge is 0.315 e. The summed E-state index contributed by atoms with van der Waals surface area (Å²) in [7, 11) is 3.17. The van der Waals surface area contributed by atoms with Gasteiger partial charge in [0.1, 0.15) is 5.01 Å². The molecule has 0 atom stereocenters. The number of aromatic nitrogens is 1. The first-order valence-corrected chi connectivity index (χ1v) is 9.30. The molecule has 2 amide bonds. The summed E-state index contributed by atoms with van der Waals surface area (Å²) in [5, 5.41) is 8.50. The van der Waals surface area contributed by atoms with Crippen LogP contribution in [0.5, 0.6) is 11.5 Å². The number of benzene rings is 2. The third kappa shape index (κ3) is 4.98. The Morgan fingerprint density at radius 1 is 1.00 bits per heavy atom. The van der Waals surface area contributed by atoms with Gasteiger partial charge in [-0.05, 0) is 17.7 Å². The second-order valence-electron chi connectivity index (χ2n) is 5.72. The monoisotopic (exact) mass is 383 g/mol. The number of rotatable bonds is 7. The highest BCUT2D eigenvalue weighted by molar-refractivity contribution is 7.09. The number of nitrogens with zero attached hydrogens (tertiary/aromatic N) is 1. The van der Waals surface area contributed by atoms with Gasteiger partial charge in [0.25, 0.3) is 0 Å². The van der Waals surface area contributed by atoms with Crippen molar-refractivity contribution in [1.29, 1.82) is 0 Å². The predicted molar refractivity (Wildman–Crippen MR) is 106 cm³/mol. The maximum atomic E-state index is 12.0.